The van der Waals surface area contributed by atoms with Gasteiger partial charge in [0.15, 0.2) is 0 Å². The first-order valence-corrected chi connectivity index (χ1v) is 11.2. The van der Waals surface area contributed by atoms with E-state index >= 15 is 0 Å². The molecule has 0 amide bonds. The minimum Gasteiger partial charge on any atom is -0.464 e. The second-order valence-corrected chi connectivity index (χ2v) is 8.20. The van der Waals surface area contributed by atoms with E-state index in [2.05, 4.69) is 9.73 Å². The zero-order chi connectivity index (χ0) is 26.6. The number of ether oxygens (including phenoxy) is 2. The first-order chi connectivity index (χ1) is 17.7. The number of carbonyl (C=O) groups is 1. The lowest BCUT2D eigenvalue weighted by molar-refractivity contribution is -0.274. The third-order valence-corrected chi connectivity index (χ3v) is 5.78. The molecule has 4 rings (SSSR count). The Bertz CT molecular complexity index is 1330. The van der Waals surface area contributed by atoms with Gasteiger partial charge in [-0.15, -0.1) is 13.2 Å². The lowest BCUT2D eigenvalue weighted by Crippen LogP contribution is -2.22. The monoisotopic (exact) mass is 514 g/mol. The van der Waals surface area contributed by atoms with Crippen molar-refractivity contribution in [1.82, 2.24) is 0 Å². The minimum atomic E-state index is -4.79. The Morgan fingerprint density at radius 1 is 0.973 bits per heavy atom. The van der Waals surface area contributed by atoms with Crippen molar-refractivity contribution < 1.29 is 36.2 Å². The maximum Gasteiger partial charge on any atom is 0.573 e. The summed E-state index contributed by atoms with van der Waals surface area (Å²) in [6.07, 6.45) is -4.85. The highest BCUT2D eigenvalue weighted by Crippen LogP contribution is 2.39. The molecule has 0 aliphatic carbocycles. The number of alkyl halides is 3. The standard InChI is InChI=1S/C27H19F5N2O3/c28-21-3-1-4-22(29)24(21)23-15-20(26(35)36-14-2-13-33)25(34-23)18-7-5-16(6-8-18)17-9-11-19(12-10-17)37-27(30,31)32/h1,3-12,20,25H,2,14-15H2. The van der Waals surface area contributed by atoms with E-state index in [1.807, 2.05) is 6.07 Å². The van der Waals surface area contributed by atoms with Crippen LogP contribution >= 0.6 is 0 Å². The number of hydrogen-bond acceptors (Lipinski definition) is 5. The maximum atomic E-state index is 14.4. The summed E-state index contributed by atoms with van der Waals surface area (Å²) in [6.45, 7) is -0.116. The maximum absolute atomic E-state index is 14.4. The van der Waals surface area contributed by atoms with Crippen LogP contribution in [0.25, 0.3) is 11.1 Å². The van der Waals surface area contributed by atoms with Gasteiger partial charge in [0.25, 0.3) is 0 Å². The number of esters is 1. The van der Waals surface area contributed by atoms with Gasteiger partial charge in [-0.25, -0.2) is 8.78 Å². The van der Waals surface area contributed by atoms with Gasteiger partial charge in [0.2, 0.25) is 0 Å². The SMILES string of the molecule is N#CCCOC(=O)C1CC(c2c(F)cccc2F)=NC1c1ccc(-c2ccc(OC(F)(F)F)cc2)cc1. The molecule has 1 aliphatic heterocycles. The fourth-order valence-corrected chi connectivity index (χ4v) is 4.12. The van der Waals surface area contributed by atoms with Crippen molar-refractivity contribution in [3.8, 4) is 22.9 Å². The average Bonchev–Trinajstić information content (AvgIpc) is 3.29. The van der Waals surface area contributed by atoms with Gasteiger partial charge >= 0.3 is 12.3 Å². The summed E-state index contributed by atoms with van der Waals surface area (Å²) in [5, 5.41) is 8.71. The average molecular weight is 514 g/mol. The molecule has 37 heavy (non-hydrogen) atoms. The molecule has 3 aromatic carbocycles. The van der Waals surface area contributed by atoms with E-state index in [0.29, 0.717) is 16.7 Å². The van der Waals surface area contributed by atoms with Gasteiger partial charge in [0.1, 0.15) is 24.0 Å². The van der Waals surface area contributed by atoms with Crippen molar-refractivity contribution in [2.24, 2.45) is 10.9 Å². The number of rotatable bonds is 7. The van der Waals surface area contributed by atoms with Crippen molar-refractivity contribution in [1.29, 1.82) is 5.26 Å². The fraction of sp³-hybridized carbons (Fsp3) is 0.222. The molecule has 0 saturated heterocycles. The Balaban J connectivity index is 1.61. The van der Waals surface area contributed by atoms with E-state index < -0.39 is 35.9 Å². The van der Waals surface area contributed by atoms with Crippen LogP contribution in [0.1, 0.15) is 30.0 Å². The van der Waals surface area contributed by atoms with E-state index in [1.54, 1.807) is 24.3 Å². The zero-order valence-electron chi connectivity index (χ0n) is 19.1. The first kappa shape index (κ1) is 25.8. The van der Waals surface area contributed by atoms with E-state index in [4.69, 9.17) is 10.00 Å². The number of carbonyl (C=O) groups excluding carboxylic acids is 1. The van der Waals surface area contributed by atoms with E-state index in [-0.39, 0.29) is 36.5 Å². The summed E-state index contributed by atoms with van der Waals surface area (Å²) in [5.74, 6) is -3.45. The number of hydrogen-bond donors (Lipinski definition) is 0. The quantitative estimate of drug-likeness (QED) is 0.204. The van der Waals surface area contributed by atoms with Crippen molar-refractivity contribution in [2.45, 2.75) is 25.2 Å². The second kappa shape index (κ2) is 10.8. The van der Waals surface area contributed by atoms with Gasteiger partial charge in [-0.1, -0.05) is 42.5 Å². The summed E-state index contributed by atoms with van der Waals surface area (Å²) >= 11 is 0. The molecule has 2 atom stereocenters. The number of nitriles is 1. The molecule has 190 valence electrons. The Morgan fingerprint density at radius 3 is 2.14 bits per heavy atom. The van der Waals surface area contributed by atoms with Crippen molar-refractivity contribution >= 4 is 11.7 Å². The van der Waals surface area contributed by atoms with Crippen LogP contribution in [0.4, 0.5) is 22.0 Å². The topological polar surface area (TPSA) is 71.7 Å². The summed E-state index contributed by atoms with van der Waals surface area (Å²) in [4.78, 5) is 17.3. The number of benzene rings is 3. The molecule has 1 heterocycles. The van der Waals surface area contributed by atoms with Gasteiger partial charge in [0, 0.05) is 12.1 Å². The molecule has 0 aromatic heterocycles. The molecular formula is C27H19F5N2O3. The minimum absolute atomic E-state index is 0.000278. The number of nitrogens with zero attached hydrogens (tertiary/aromatic N) is 2. The molecule has 0 bridgehead atoms. The van der Waals surface area contributed by atoms with Gasteiger partial charge in [-0.2, -0.15) is 5.26 Å². The molecule has 3 aromatic rings. The van der Waals surface area contributed by atoms with Crippen molar-refractivity contribution in [2.75, 3.05) is 6.61 Å². The highest BCUT2D eigenvalue weighted by Gasteiger charge is 2.39. The van der Waals surface area contributed by atoms with E-state index in [1.165, 1.54) is 30.3 Å². The molecular weight excluding hydrogens is 495 g/mol. The number of aliphatic imine (C=N–C) groups is 1. The van der Waals surface area contributed by atoms with Gasteiger partial charge in [0.05, 0.1) is 30.0 Å². The molecule has 0 saturated carbocycles. The largest absolute Gasteiger partial charge is 0.573 e. The predicted molar refractivity (Wildman–Crippen MR) is 123 cm³/mol. The normalized spacial score (nSPS) is 17.1. The molecule has 0 radical (unpaired) electrons. The van der Waals surface area contributed by atoms with E-state index in [9.17, 15) is 26.7 Å². The lowest BCUT2D eigenvalue weighted by atomic mass is 9.90. The summed E-state index contributed by atoms with van der Waals surface area (Å²) < 4.78 is 75.1. The van der Waals surface area contributed by atoms with Crippen LogP contribution in [0, 0.1) is 28.9 Å². The molecule has 0 spiro atoms. The number of halogens is 5. The van der Waals surface area contributed by atoms with Crippen LogP contribution in [0.15, 0.2) is 71.7 Å². The molecule has 10 heteroatoms. The van der Waals surface area contributed by atoms with Crippen LogP contribution in [0.2, 0.25) is 0 Å². The first-order valence-electron chi connectivity index (χ1n) is 11.2. The summed E-state index contributed by atoms with van der Waals surface area (Å²) in [5.41, 5.74) is 1.66. The lowest BCUT2D eigenvalue weighted by Gasteiger charge is -2.17. The van der Waals surface area contributed by atoms with Gasteiger partial charge in [-0.3, -0.25) is 9.79 Å². The van der Waals surface area contributed by atoms with Crippen molar-refractivity contribution in [3.05, 3.63) is 89.5 Å². The highest BCUT2D eigenvalue weighted by atomic mass is 19.4. The van der Waals surface area contributed by atoms with Crippen LogP contribution in [-0.4, -0.2) is 24.7 Å². The fourth-order valence-electron chi connectivity index (χ4n) is 4.12. The molecule has 5 nitrogen and oxygen atoms in total. The van der Waals surface area contributed by atoms with E-state index in [0.717, 1.165) is 12.1 Å². The smallest absolute Gasteiger partial charge is 0.464 e. The molecule has 0 fully saturated rings. The van der Waals surface area contributed by atoms with Crippen molar-refractivity contribution in [3.63, 3.8) is 0 Å². The van der Waals surface area contributed by atoms with Crippen LogP contribution in [0.5, 0.6) is 5.75 Å². The Kier molecular flexibility index (Phi) is 7.53. The van der Waals surface area contributed by atoms with Crippen LogP contribution < -0.4 is 4.74 Å². The van der Waals surface area contributed by atoms with Gasteiger partial charge in [-0.05, 0) is 41.0 Å². The molecule has 0 N–H and O–H groups in total. The summed E-state index contributed by atoms with van der Waals surface area (Å²) in [6, 6.07) is 16.6. The Morgan fingerprint density at radius 2 is 1.57 bits per heavy atom. The third-order valence-electron chi connectivity index (χ3n) is 5.78. The third kappa shape index (κ3) is 6.12. The van der Waals surface area contributed by atoms with Crippen LogP contribution in [-0.2, 0) is 9.53 Å². The molecule has 1 aliphatic rings. The summed E-state index contributed by atoms with van der Waals surface area (Å²) in [7, 11) is 0. The predicted octanol–water partition coefficient (Wildman–Crippen LogP) is 6.54. The second-order valence-electron chi connectivity index (χ2n) is 8.20. The highest BCUT2D eigenvalue weighted by molar-refractivity contribution is 6.04. The Hall–Kier alpha value is -4.26. The van der Waals surface area contributed by atoms with Gasteiger partial charge < -0.3 is 9.47 Å². The molecule has 2 unspecified atom stereocenters. The van der Waals surface area contributed by atoms with Crippen LogP contribution in [0.3, 0.4) is 0 Å². The Labute approximate surface area is 208 Å². The zero-order valence-corrected chi connectivity index (χ0v) is 19.1.